The number of hydrogen-bond acceptors (Lipinski definition) is 3. The van der Waals surface area contributed by atoms with E-state index in [1.54, 1.807) is 0 Å². The highest BCUT2D eigenvalue weighted by Crippen LogP contribution is 2.25. The first-order valence-corrected chi connectivity index (χ1v) is 5.81. The first kappa shape index (κ1) is 10.9. The highest BCUT2D eigenvalue weighted by atomic mass is 16.5. The molecule has 0 bridgehead atoms. The molecule has 15 heavy (non-hydrogen) atoms. The average molecular weight is 212 g/mol. The number of carbonyl (C=O) groups excluding carboxylic acids is 1. The van der Waals surface area contributed by atoms with Crippen LogP contribution in [0.3, 0.4) is 0 Å². The van der Waals surface area contributed by atoms with E-state index in [4.69, 9.17) is 4.74 Å². The molecule has 2 aliphatic rings. The summed E-state index contributed by atoms with van der Waals surface area (Å²) in [5.41, 5.74) is 0. The Kier molecular flexibility index (Phi) is 3.59. The SMILES string of the molecule is CN(C(=O)CNCC1CCOC1)C1CC1. The van der Waals surface area contributed by atoms with Crippen molar-refractivity contribution in [3.05, 3.63) is 0 Å². The minimum absolute atomic E-state index is 0.219. The molecule has 0 spiro atoms. The topological polar surface area (TPSA) is 41.6 Å². The normalized spacial score (nSPS) is 25.5. The van der Waals surface area contributed by atoms with Crippen molar-refractivity contribution >= 4 is 5.91 Å². The van der Waals surface area contributed by atoms with Crippen LogP contribution in [-0.2, 0) is 9.53 Å². The molecule has 1 amide bonds. The number of amides is 1. The van der Waals surface area contributed by atoms with Gasteiger partial charge in [-0.15, -0.1) is 0 Å². The second-order valence-corrected chi connectivity index (χ2v) is 4.60. The van der Waals surface area contributed by atoms with Gasteiger partial charge in [-0.1, -0.05) is 0 Å². The van der Waals surface area contributed by atoms with Crippen LogP contribution in [0.5, 0.6) is 0 Å². The van der Waals surface area contributed by atoms with E-state index in [2.05, 4.69) is 5.32 Å². The smallest absolute Gasteiger partial charge is 0.236 e. The highest BCUT2D eigenvalue weighted by Gasteiger charge is 2.29. The van der Waals surface area contributed by atoms with Gasteiger partial charge >= 0.3 is 0 Å². The molecule has 1 heterocycles. The zero-order valence-electron chi connectivity index (χ0n) is 9.37. The first-order valence-electron chi connectivity index (χ1n) is 5.81. The predicted octanol–water partition coefficient (Wildman–Crippen LogP) is 0.233. The summed E-state index contributed by atoms with van der Waals surface area (Å²) in [5, 5.41) is 3.22. The molecule has 4 nitrogen and oxygen atoms in total. The zero-order valence-corrected chi connectivity index (χ0v) is 9.37. The summed E-state index contributed by atoms with van der Waals surface area (Å²) in [7, 11) is 1.90. The van der Waals surface area contributed by atoms with Gasteiger partial charge in [0, 0.05) is 26.2 Å². The Balaban J connectivity index is 1.58. The molecule has 1 N–H and O–H groups in total. The Morgan fingerprint density at radius 1 is 1.47 bits per heavy atom. The maximum Gasteiger partial charge on any atom is 0.236 e. The van der Waals surface area contributed by atoms with Gasteiger partial charge in [0.25, 0.3) is 0 Å². The number of likely N-dealkylation sites (N-methyl/N-ethyl adjacent to an activating group) is 1. The van der Waals surface area contributed by atoms with Crippen molar-refractivity contribution < 1.29 is 9.53 Å². The van der Waals surface area contributed by atoms with Gasteiger partial charge in [0.2, 0.25) is 5.91 Å². The Hall–Kier alpha value is -0.610. The van der Waals surface area contributed by atoms with Crippen molar-refractivity contribution in [3.8, 4) is 0 Å². The summed E-state index contributed by atoms with van der Waals surface area (Å²) in [6.07, 6.45) is 3.48. The molecule has 1 saturated heterocycles. The van der Waals surface area contributed by atoms with Crippen LogP contribution in [-0.4, -0.2) is 50.2 Å². The Bertz CT molecular complexity index is 223. The van der Waals surface area contributed by atoms with Crippen molar-refractivity contribution in [2.24, 2.45) is 5.92 Å². The number of rotatable bonds is 5. The summed E-state index contributed by atoms with van der Waals surface area (Å²) >= 11 is 0. The van der Waals surface area contributed by atoms with E-state index in [1.165, 1.54) is 12.8 Å². The second kappa shape index (κ2) is 4.94. The largest absolute Gasteiger partial charge is 0.381 e. The summed E-state index contributed by atoms with van der Waals surface area (Å²) in [6, 6.07) is 0.522. The van der Waals surface area contributed by atoms with E-state index in [-0.39, 0.29) is 5.91 Å². The van der Waals surface area contributed by atoms with Gasteiger partial charge in [0.1, 0.15) is 0 Å². The van der Waals surface area contributed by atoms with Crippen LogP contribution in [0.1, 0.15) is 19.3 Å². The Labute approximate surface area is 91.0 Å². The van der Waals surface area contributed by atoms with Gasteiger partial charge in [0.15, 0.2) is 0 Å². The quantitative estimate of drug-likeness (QED) is 0.709. The highest BCUT2D eigenvalue weighted by molar-refractivity contribution is 5.78. The van der Waals surface area contributed by atoms with Crippen molar-refractivity contribution in [2.45, 2.75) is 25.3 Å². The Morgan fingerprint density at radius 2 is 2.27 bits per heavy atom. The fraction of sp³-hybridized carbons (Fsp3) is 0.909. The van der Waals surface area contributed by atoms with Gasteiger partial charge in [-0.2, -0.15) is 0 Å². The predicted molar refractivity (Wildman–Crippen MR) is 57.6 cm³/mol. The van der Waals surface area contributed by atoms with Gasteiger partial charge < -0.3 is 15.0 Å². The van der Waals surface area contributed by atoms with Gasteiger partial charge in [0.05, 0.1) is 13.2 Å². The van der Waals surface area contributed by atoms with Crippen LogP contribution in [0.4, 0.5) is 0 Å². The van der Waals surface area contributed by atoms with Gasteiger partial charge in [-0.25, -0.2) is 0 Å². The van der Waals surface area contributed by atoms with Crippen LogP contribution in [0.2, 0.25) is 0 Å². The molecule has 0 aromatic heterocycles. The van der Waals surface area contributed by atoms with E-state index in [1.807, 2.05) is 11.9 Å². The lowest BCUT2D eigenvalue weighted by atomic mass is 10.1. The molecule has 1 unspecified atom stereocenters. The van der Waals surface area contributed by atoms with Crippen molar-refractivity contribution in [1.29, 1.82) is 0 Å². The molecule has 1 aliphatic heterocycles. The van der Waals surface area contributed by atoms with E-state index in [0.717, 1.165) is 26.2 Å². The van der Waals surface area contributed by atoms with Crippen LogP contribution in [0.25, 0.3) is 0 Å². The number of hydrogen-bond donors (Lipinski definition) is 1. The first-order chi connectivity index (χ1) is 7.27. The summed E-state index contributed by atoms with van der Waals surface area (Å²) < 4.78 is 5.27. The maximum atomic E-state index is 11.6. The molecule has 86 valence electrons. The zero-order chi connectivity index (χ0) is 10.7. The molecule has 1 saturated carbocycles. The van der Waals surface area contributed by atoms with E-state index in [0.29, 0.717) is 18.5 Å². The van der Waals surface area contributed by atoms with Crippen molar-refractivity contribution in [2.75, 3.05) is 33.4 Å². The fourth-order valence-corrected chi connectivity index (χ4v) is 1.92. The van der Waals surface area contributed by atoms with Crippen molar-refractivity contribution in [3.63, 3.8) is 0 Å². The lowest BCUT2D eigenvalue weighted by molar-refractivity contribution is -0.129. The average Bonchev–Trinajstić information content (AvgIpc) is 2.96. The molecule has 4 heteroatoms. The van der Waals surface area contributed by atoms with Crippen molar-refractivity contribution in [1.82, 2.24) is 10.2 Å². The van der Waals surface area contributed by atoms with Crippen LogP contribution in [0, 0.1) is 5.92 Å². The van der Waals surface area contributed by atoms with Crippen LogP contribution < -0.4 is 5.32 Å². The third-order valence-corrected chi connectivity index (χ3v) is 3.22. The standard InChI is InChI=1S/C11H20N2O2/c1-13(10-2-3-10)11(14)7-12-6-9-4-5-15-8-9/h9-10,12H,2-8H2,1H3. The van der Waals surface area contributed by atoms with E-state index < -0.39 is 0 Å². The maximum absolute atomic E-state index is 11.6. The molecule has 2 rings (SSSR count). The lowest BCUT2D eigenvalue weighted by Gasteiger charge is -2.17. The van der Waals surface area contributed by atoms with Crippen LogP contribution in [0.15, 0.2) is 0 Å². The van der Waals surface area contributed by atoms with Gasteiger partial charge in [-0.3, -0.25) is 4.79 Å². The van der Waals surface area contributed by atoms with E-state index in [9.17, 15) is 4.79 Å². The molecule has 1 aliphatic carbocycles. The fourth-order valence-electron chi connectivity index (χ4n) is 1.92. The molecule has 2 fully saturated rings. The summed E-state index contributed by atoms with van der Waals surface area (Å²) in [4.78, 5) is 13.5. The third kappa shape index (κ3) is 3.18. The minimum Gasteiger partial charge on any atom is -0.381 e. The summed E-state index contributed by atoms with van der Waals surface area (Å²) in [5.74, 6) is 0.820. The minimum atomic E-state index is 0.219. The number of carbonyl (C=O) groups is 1. The number of nitrogens with one attached hydrogen (secondary N) is 1. The number of ether oxygens (including phenoxy) is 1. The van der Waals surface area contributed by atoms with Gasteiger partial charge in [-0.05, 0) is 25.2 Å². The molecular weight excluding hydrogens is 192 g/mol. The summed E-state index contributed by atoms with van der Waals surface area (Å²) in [6.45, 7) is 3.11. The second-order valence-electron chi connectivity index (χ2n) is 4.60. The Morgan fingerprint density at radius 3 is 2.87 bits per heavy atom. The molecule has 0 aromatic rings. The lowest BCUT2D eigenvalue weighted by Crippen LogP contribution is -2.38. The molecule has 0 radical (unpaired) electrons. The third-order valence-electron chi connectivity index (χ3n) is 3.22. The monoisotopic (exact) mass is 212 g/mol. The molecular formula is C11H20N2O2. The number of nitrogens with zero attached hydrogens (tertiary/aromatic N) is 1. The molecule has 0 aromatic carbocycles. The van der Waals surface area contributed by atoms with E-state index >= 15 is 0 Å². The molecule has 1 atom stereocenters. The van der Waals surface area contributed by atoms with Crippen LogP contribution >= 0.6 is 0 Å².